The second-order valence-electron chi connectivity index (χ2n) is 6.44. The number of urea groups is 1. The molecule has 0 aromatic carbocycles. The molecule has 1 aromatic heterocycles. The Kier molecular flexibility index (Phi) is 4.55. The number of hydrogen-bond acceptors (Lipinski definition) is 2. The minimum absolute atomic E-state index is 0.0553. The van der Waals surface area contributed by atoms with E-state index in [4.69, 9.17) is 0 Å². The van der Waals surface area contributed by atoms with Gasteiger partial charge in [-0.3, -0.25) is 4.79 Å². The fourth-order valence-corrected chi connectivity index (χ4v) is 2.31. The van der Waals surface area contributed by atoms with Crippen LogP contribution >= 0.6 is 0 Å². The lowest BCUT2D eigenvalue weighted by Crippen LogP contribution is -2.56. The van der Waals surface area contributed by atoms with Crippen LogP contribution in [0.2, 0.25) is 0 Å². The molecular weight excluding hydrogens is 268 g/mol. The Hall–Kier alpha value is -1.98. The highest BCUT2D eigenvalue weighted by Crippen LogP contribution is 2.08. The molecule has 6 heteroatoms. The summed E-state index contributed by atoms with van der Waals surface area (Å²) in [6, 6.07) is 1.85. The number of H-pyrrole nitrogens is 1. The number of rotatable bonds is 2. The molecule has 1 fully saturated rings. The van der Waals surface area contributed by atoms with Gasteiger partial charge in [-0.25, -0.2) is 4.79 Å². The molecule has 0 aliphatic carbocycles. The maximum absolute atomic E-state index is 12.2. The summed E-state index contributed by atoms with van der Waals surface area (Å²) in [5.74, 6) is 0.116. The van der Waals surface area contributed by atoms with Crippen molar-refractivity contribution in [2.75, 3.05) is 26.2 Å². The number of nitrogens with zero attached hydrogens (tertiary/aromatic N) is 2. The first-order valence-corrected chi connectivity index (χ1v) is 7.32. The van der Waals surface area contributed by atoms with E-state index in [1.165, 1.54) is 0 Å². The summed E-state index contributed by atoms with van der Waals surface area (Å²) >= 11 is 0. The van der Waals surface area contributed by atoms with Crippen molar-refractivity contribution in [3.63, 3.8) is 0 Å². The maximum Gasteiger partial charge on any atom is 0.317 e. The number of aromatic nitrogens is 1. The highest BCUT2D eigenvalue weighted by Gasteiger charge is 2.26. The van der Waals surface area contributed by atoms with Crippen LogP contribution in [0.4, 0.5) is 4.79 Å². The zero-order valence-electron chi connectivity index (χ0n) is 13.0. The second-order valence-corrected chi connectivity index (χ2v) is 6.44. The first-order valence-electron chi connectivity index (χ1n) is 7.32. The lowest BCUT2D eigenvalue weighted by Gasteiger charge is -2.36. The van der Waals surface area contributed by atoms with Crippen LogP contribution in [-0.4, -0.2) is 58.4 Å². The van der Waals surface area contributed by atoms with Crippen molar-refractivity contribution >= 4 is 11.9 Å². The highest BCUT2D eigenvalue weighted by atomic mass is 16.2. The minimum atomic E-state index is -0.238. The first kappa shape index (κ1) is 15.4. The average Bonchev–Trinajstić information content (AvgIpc) is 2.90. The predicted octanol–water partition coefficient (Wildman–Crippen LogP) is 1.21. The molecule has 0 bridgehead atoms. The molecule has 116 valence electrons. The number of carbonyl (C=O) groups is 2. The Morgan fingerprint density at radius 3 is 2.33 bits per heavy atom. The van der Waals surface area contributed by atoms with Crippen LogP contribution in [0.15, 0.2) is 18.5 Å². The molecule has 3 amide bonds. The zero-order chi connectivity index (χ0) is 15.5. The van der Waals surface area contributed by atoms with Gasteiger partial charge in [0, 0.05) is 44.1 Å². The van der Waals surface area contributed by atoms with E-state index in [0.717, 1.165) is 5.56 Å². The molecule has 1 aliphatic heterocycles. The molecule has 0 unspecified atom stereocenters. The van der Waals surface area contributed by atoms with Crippen molar-refractivity contribution in [3.8, 4) is 0 Å². The van der Waals surface area contributed by atoms with Gasteiger partial charge in [0.2, 0.25) is 5.91 Å². The lowest BCUT2D eigenvalue weighted by atomic mass is 10.1. The predicted molar refractivity (Wildman–Crippen MR) is 80.9 cm³/mol. The monoisotopic (exact) mass is 292 g/mol. The van der Waals surface area contributed by atoms with Gasteiger partial charge in [-0.15, -0.1) is 0 Å². The smallest absolute Gasteiger partial charge is 0.317 e. The fourth-order valence-electron chi connectivity index (χ4n) is 2.31. The van der Waals surface area contributed by atoms with E-state index >= 15 is 0 Å². The molecule has 0 radical (unpaired) electrons. The summed E-state index contributed by atoms with van der Waals surface area (Å²) in [5, 5.41) is 2.95. The highest BCUT2D eigenvalue weighted by molar-refractivity contribution is 5.79. The lowest BCUT2D eigenvalue weighted by molar-refractivity contribution is -0.131. The molecule has 1 aromatic rings. The van der Waals surface area contributed by atoms with E-state index in [1.807, 2.05) is 44.1 Å². The van der Waals surface area contributed by atoms with Crippen molar-refractivity contribution in [1.29, 1.82) is 0 Å². The molecule has 2 N–H and O–H groups in total. The second kappa shape index (κ2) is 6.20. The van der Waals surface area contributed by atoms with E-state index in [0.29, 0.717) is 32.6 Å². The van der Waals surface area contributed by atoms with Crippen molar-refractivity contribution in [2.24, 2.45) is 0 Å². The Morgan fingerprint density at radius 2 is 1.81 bits per heavy atom. The third-order valence-corrected chi connectivity index (χ3v) is 3.42. The van der Waals surface area contributed by atoms with Crippen molar-refractivity contribution in [1.82, 2.24) is 20.1 Å². The Balaban J connectivity index is 1.80. The Morgan fingerprint density at radius 1 is 1.19 bits per heavy atom. The summed E-state index contributed by atoms with van der Waals surface area (Å²) in [6.07, 6.45) is 4.07. The quantitative estimate of drug-likeness (QED) is 0.860. The Labute approximate surface area is 125 Å². The molecule has 21 heavy (non-hydrogen) atoms. The van der Waals surface area contributed by atoms with Crippen LogP contribution in [0.1, 0.15) is 26.3 Å². The number of amides is 3. The van der Waals surface area contributed by atoms with Gasteiger partial charge in [0.1, 0.15) is 0 Å². The molecule has 2 rings (SSSR count). The summed E-state index contributed by atoms with van der Waals surface area (Å²) in [6.45, 7) is 8.24. The van der Waals surface area contributed by atoms with Crippen LogP contribution < -0.4 is 5.32 Å². The molecule has 1 aliphatic rings. The molecule has 0 atom stereocenters. The summed E-state index contributed by atoms with van der Waals surface area (Å²) < 4.78 is 0. The molecule has 2 heterocycles. The van der Waals surface area contributed by atoms with E-state index in [-0.39, 0.29) is 17.5 Å². The van der Waals surface area contributed by atoms with Gasteiger partial charge in [0.15, 0.2) is 0 Å². The number of nitrogens with one attached hydrogen (secondary N) is 2. The largest absolute Gasteiger partial charge is 0.367 e. The Bertz CT molecular complexity index is 482. The average molecular weight is 292 g/mol. The van der Waals surface area contributed by atoms with Gasteiger partial charge >= 0.3 is 6.03 Å². The normalized spacial score (nSPS) is 16.0. The van der Waals surface area contributed by atoms with Crippen LogP contribution in [0, 0.1) is 0 Å². The van der Waals surface area contributed by atoms with Gasteiger partial charge in [0.05, 0.1) is 6.42 Å². The van der Waals surface area contributed by atoms with E-state index in [1.54, 1.807) is 4.90 Å². The van der Waals surface area contributed by atoms with Gasteiger partial charge in [0.25, 0.3) is 0 Å². The molecular formula is C15H24N4O2. The van der Waals surface area contributed by atoms with Gasteiger partial charge in [-0.05, 0) is 32.4 Å². The van der Waals surface area contributed by atoms with Gasteiger partial charge in [-0.2, -0.15) is 0 Å². The summed E-state index contributed by atoms with van der Waals surface area (Å²) in [7, 11) is 0. The molecule has 0 spiro atoms. The SMILES string of the molecule is CC(C)(C)NC(=O)N1CCN(C(=O)Cc2cc[nH]c2)CC1. The van der Waals surface area contributed by atoms with Crippen molar-refractivity contribution in [3.05, 3.63) is 24.0 Å². The maximum atomic E-state index is 12.2. The van der Waals surface area contributed by atoms with E-state index < -0.39 is 0 Å². The van der Waals surface area contributed by atoms with Crippen LogP contribution in [0.5, 0.6) is 0 Å². The molecule has 6 nitrogen and oxygen atoms in total. The molecule has 1 saturated heterocycles. The van der Waals surface area contributed by atoms with E-state index in [2.05, 4.69) is 10.3 Å². The molecule has 0 saturated carbocycles. The number of aromatic amines is 1. The topological polar surface area (TPSA) is 68.4 Å². The number of piperazine rings is 1. The third kappa shape index (κ3) is 4.51. The zero-order valence-corrected chi connectivity index (χ0v) is 13.0. The van der Waals surface area contributed by atoms with Crippen LogP contribution in [0.3, 0.4) is 0 Å². The van der Waals surface area contributed by atoms with Crippen molar-refractivity contribution in [2.45, 2.75) is 32.7 Å². The van der Waals surface area contributed by atoms with E-state index in [9.17, 15) is 9.59 Å². The first-order chi connectivity index (χ1) is 9.85. The van der Waals surface area contributed by atoms with Crippen LogP contribution in [-0.2, 0) is 11.2 Å². The number of hydrogen-bond donors (Lipinski definition) is 2. The third-order valence-electron chi connectivity index (χ3n) is 3.42. The number of carbonyl (C=O) groups excluding carboxylic acids is 2. The minimum Gasteiger partial charge on any atom is -0.367 e. The fraction of sp³-hybridized carbons (Fsp3) is 0.600. The van der Waals surface area contributed by atoms with Crippen LogP contribution in [0.25, 0.3) is 0 Å². The summed E-state index contributed by atoms with van der Waals surface area (Å²) in [4.78, 5) is 30.8. The standard InChI is InChI=1S/C15H24N4O2/c1-15(2,3)17-14(21)19-8-6-18(7-9-19)13(20)10-12-4-5-16-11-12/h4-5,11,16H,6-10H2,1-3H3,(H,17,21). The van der Waals surface area contributed by atoms with Gasteiger partial charge in [-0.1, -0.05) is 0 Å². The van der Waals surface area contributed by atoms with Crippen molar-refractivity contribution < 1.29 is 9.59 Å². The van der Waals surface area contributed by atoms with Gasteiger partial charge < -0.3 is 20.1 Å². The summed E-state index contributed by atoms with van der Waals surface area (Å²) in [5.41, 5.74) is 0.756.